The highest BCUT2D eigenvalue weighted by atomic mass is 32.2. The zero-order valence-corrected chi connectivity index (χ0v) is 36.3. The quantitative estimate of drug-likeness (QED) is 0.155. The molecule has 3 saturated heterocycles. The molecule has 16 nitrogen and oxygen atoms in total. The van der Waals surface area contributed by atoms with Gasteiger partial charge in [-0.25, -0.2) is 22.9 Å². The van der Waals surface area contributed by atoms with Gasteiger partial charge >= 0.3 is 16.2 Å². The van der Waals surface area contributed by atoms with Gasteiger partial charge in [0.2, 0.25) is 5.91 Å². The number of piperidine rings is 1. The average molecular weight is 901 g/mol. The maximum atomic E-state index is 16.1. The number of carbonyl (C=O) groups excluding carboxylic acids is 2. The monoisotopic (exact) mass is 900 g/mol. The molecule has 20 heteroatoms. The number of carbonyl (C=O) groups is 2. The van der Waals surface area contributed by atoms with Crippen LogP contribution in [0.1, 0.15) is 80.5 Å². The minimum atomic E-state index is -4.00. The third-order valence-electron chi connectivity index (χ3n) is 13.3. The molecule has 3 aliphatic heterocycles. The largest absolute Gasteiger partial charge is 0.453 e. The number of aryl methyl sites for hydroxylation is 1. The zero-order chi connectivity index (χ0) is 45.1. The molecule has 4 atom stereocenters. The molecule has 64 heavy (non-hydrogen) atoms. The van der Waals surface area contributed by atoms with E-state index in [9.17, 15) is 23.3 Å². The number of nitrogens with zero attached hydrogens (tertiary/aromatic N) is 8. The van der Waals surface area contributed by atoms with Gasteiger partial charge in [0.05, 0.1) is 40.1 Å². The van der Waals surface area contributed by atoms with Crippen LogP contribution in [0.4, 0.5) is 29.5 Å². The smallest absolute Gasteiger partial charge is 0.329 e. The Balaban J connectivity index is 0.831. The minimum absolute atomic E-state index is 0.0602. The Labute approximate surface area is 367 Å². The van der Waals surface area contributed by atoms with Crippen molar-refractivity contribution < 1.29 is 40.7 Å². The van der Waals surface area contributed by atoms with E-state index in [4.69, 9.17) is 14.5 Å². The lowest BCUT2D eigenvalue weighted by Gasteiger charge is -2.45. The van der Waals surface area contributed by atoms with E-state index in [1.54, 1.807) is 49.1 Å². The summed E-state index contributed by atoms with van der Waals surface area (Å²) in [4.78, 5) is 37.3. The number of hydrogen-bond acceptors (Lipinski definition) is 11. The number of benzene rings is 3. The molecule has 4 fully saturated rings. The van der Waals surface area contributed by atoms with Crippen LogP contribution < -0.4 is 19.7 Å². The molecule has 1 spiro atoms. The second-order valence-corrected chi connectivity index (χ2v) is 18.9. The predicted octanol–water partition coefficient (Wildman–Crippen LogP) is 6.53. The highest BCUT2D eigenvalue weighted by Gasteiger charge is 2.46. The molecule has 5 aromatic rings. The van der Waals surface area contributed by atoms with E-state index in [2.05, 4.69) is 25.0 Å². The number of nitriles is 1. The number of anilines is 2. The van der Waals surface area contributed by atoms with Crippen LogP contribution in [0.2, 0.25) is 0 Å². The molecule has 3 unspecified atom stereocenters. The first-order chi connectivity index (χ1) is 30.7. The molecule has 3 aromatic carbocycles. The van der Waals surface area contributed by atoms with Crippen LogP contribution in [-0.2, 0) is 26.8 Å². The Hall–Kier alpha value is -5.88. The van der Waals surface area contributed by atoms with E-state index in [0.717, 1.165) is 10.4 Å². The number of aromatic nitrogens is 4. The van der Waals surface area contributed by atoms with Crippen molar-refractivity contribution in [3.63, 3.8) is 0 Å². The SMILES string of the molecule is CCN(C)S(=O)(=O)Nc1ccc(F)c(Oc2ccc3ncc([C@@H]4COC5(CCN(C6CCC(c7cc8c(cc7F)c(N7CCC(=O)NC7=O)nn8C)CC6F)CC5)C4)nc3c2)c1C#N. The van der Waals surface area contributed by atoms with Crippen molar-refractivity contribution in [1.29, 1.82) is 5.26 Å². The van der Waals surface area contributed by atoms with Gasteiger partial charge in [0, 0.05) is 76.3 Å². The average Bonchev–Trinajstić information content (AvgIpc) is 3.83. The van der Waals surface area contributed by atoms with Gasteiger partial charge in [-0.3, -0.25) is 34.3 Å². The van der Waals surface area contributed by atoms with Gasteiger partial charge < -0.3 is 9.47 Å². The number of fused-ring (bicyclic) bond motifs is 2. The van der Waals surface area contributed by atoms with Gasteiger partial charge in [0.25, 0.3) is 0 Å². The number of likely N-dealkylation sites (tertiary alicyclic amines) is 1. The number of halogens is 3. The fourth-order valence-corrected chi connectivity index (χ4v) is 10.6. The van der Waals surface area contributed by atoms with E-state index in [1.165, 1.54) is 24.1 Å². The molecule has 9 rings (SSSR count). The Morgan fingerprint density at radius 1 is 1.06 bits per heavy atom. The van der Waals surface area contributed by atoms with Crippen molar-refractivity contribution in [2.24, 2.45) is 7.05 Å². The number of hydrogen-bond donors (Lipinski definition) is 2. The Morgan fingerprint density at radius 3 is 2.59 bits per heavy atom. The van der Waals surface area contributed by atoms with Crippen molar-refractivity contribution in [3.05, 3.63) is 77.1 Å². The number of urea groups is 1. The van der Waals surface area contributed by atoms with E-state index < -0.39 is 45.4 Å². The van der Waals surface area contributed by atoms with Crippen LogP contribution in [0.15, 0.2) is 48.7 Å². The van der Waals surface area contributed by atoms with E-state index in [0.29, 0.717) is 85.0 Å². The van der Waals surface area contributed by atoms with Crippen LogP contribution in [0.25, 0.3) is 21.9 Å². The van der Waals surface area contributed by atoms with Gasteiger partial charge in [0.15, 0.2) is 17.4 Å². The van der Waals surface area contributed by atoms with Crippen LogP contribution in [0, 0.1) is 23.0 Å². The highest BCUT2D eigenvalue weighted by Crippen LogP contribution is 2.45. The summed E-state index contributed by atoms with van der Waals surface area (Å²) >= 11 is 0. The molecule has 336 valence electrons. The summed E-state index contributed by atoms with van der Waals surface area (Å²) in [5.41, 5.74) is 1.96. The first-order valence-electron chi connectivity index (χ1n) is 21.4. The van der Waals surface area contributed by atoms with Crippen molar-refractivity contribution in [2.45, 2.75) is 81.5 Å². The summed E-state index contributed by atoms with van der Waals surface area (Å²) in [5.74, 6) is -2.08. The second-order valence-electron chi connectivity index (χ2n) is 17.1. The lowest BCUT2D eigenvalue weighted by atomic mass is 9.78. The first kappa shape index (κ1) is 43.4. The van der Waals surface area contributed by atoms with Crippen LogP contribution in [-0.4, -0.2) is 107 Å². The summed E-state index contributed by atoms with van der Waals surface area (Å²) in [6, 6.07) is 11.1. The lowest BCUT2D eigenvalue weighted by Crippen LogP contribution is -2.52. The molecular weight excluding hydrogens is 854 g/mol. The zero-order valence-electron chi connectivity index (χ0n) is 35.5. The molecular formula is C44H47F3N10O6S. The molecule has 0 radical (unpaired) electrons. The van der Waals surface area contributed by atoms with E-state index >= 15 is 13.2 Å². The van der Waals surface area contributed by atoms with Crippen molar-refractivity contribution >= 4 is 55.6 Å². The lowest BCUT2D eigenvalue weighted by molar-refractivity contribution is -0.120. The first-order valence-corrected chi connectivity index (χ1v) is 22.8. The van der Waals surface area contributed by atoms with Crippen LogP contribution in [0.3, 0.4) is 0 Å². The highest BCUT2D eigenvalue weighted by molar-refractivity contribution is 7.90. The molecule has 2 N–H and O–H groups in total. The Morgan fingerprint density at radius 2 is 1.86 bits per heavy atom. The van der Waals surface area contributed by atoms with Gasteiger partial charge in [-0.15, -0.1) is 0 Å². The molecule has 5 heterocycles. The fraction of sp³-hybridized carbons (Fsp3) is 0.455. The van der Waals surface area contributed by atoms with Crippen LogP contribution in [0.5, 0.6) is 11.5 Å². The number of nitrogens with one attached hydrogen (secondary N) is 2. The van der Waals surface area contributed by atoms with Gasteiger partial charge in [-0.2, -0.15) is 23.1 Å². The predicted molar refractivity (Wildman–Crippen MR) is 230 cm³/mol. The fourth-order valence-electron chi connectivity index (χ4n) is 9.62. The summed E-state index contributed by atoms with van der Waals surface area (Å²) < 4.78 is 89.7. The normalized spacial score (nSPS) is 22.9. The molecule has 0 bridgehead atoms. The summed E-state index contributed by atoms with van der Waals surface area (Å²) in [6.45, 7) is 3.70. The molecule has 3 amide bonds. The molecule has 4 aliphatic rings. The third-order valence-corrected chi connectivity index (χ3v) is 14.9. The molecule has 1 saturated carbocycles. The van der Waals surface area contributed by atoms with Crippen LogP contribution >= 0.6 is 0 Å². The second kappa shape index (κ2) is 16.9. The maximum Gasteiger partial charge on any atom is 0.329 e. The van der Waals surface area contributed by atoms with Gasteiger partial charge in [0.1, 0.15) is 29.4 Å². The number of imide groups is 1. The Bertz CT molecular complexity index is 2830. The number of ether oxygens (including phenoxy) is 2. The summed E-state index contributed by atoms with van der Waals surface area (Å²) in [7, 11) is -0.919. The summed E-state index contributed by atoms with van der Waals surface area (Å²) in [5, 5.41) is 17.1. The Kier molecular flexibility index (Phi) is 11.5. The number of rotatable bonds is 10. The van der Waals surface area contributed by atoms with Crippen molar-refractivity contribution in [1.82, 2.24) is 34.3 Å². The van der Waals surface area contributed by atoms with Crippen molar-refractivity contribution in [3.8, 4) is 17.6 Å². The van der Waals surface area contributed by atoms with E-state index in [1.807, 2.05) is 6.07 Å². The van der Waals surface area contributed by atoms with Gasteiger partial charge in [-0.05, 0) is 86.4 Å². The number of amides is 3. The van der Waals surface area contributed by atoms with E-state index in [-0.39, 0.29) is 72.5 Å². The topological polar surface area (TPSA) is 188 Å². The maximum absolute atomic E-state index is 16.1. The third kappa shape index (κ3) is 8.10. The minimum Gasteiger partial charge on any atom is -0.453 e. The molecule has 1 aliphatic carbocycles. The van der Waals surface area contributed by atoms with Gasteiger partial charge in [-0.1, -0.05) is 6.92 Å². The number of alkyl halides is 1. The van der Waals surface area contributed by atoms with Crippen molar-refractivity contribution in [2.75, 3.05) is 49.5 Å². The standard InChI is InChI=1S/C44H47F3N10O6S/c1-4-54(2)64(60,61)53-34-9-7-31(45)41(30(34)22-48)63-27-6-8-35-36(18-27)50-37(23-49-35)26-21-44(62-24-26)12-15-56(16-13-44)38-10-5-25(17-33(38)47)28-20-39-29(19-32(28)46)42(52-55(39)3)57-14-11-40(58)51-43(57)59/h6-9,18-20,23,25-26,33,38,53H,4-5,10-17,21,24H2,1-3H3,(H,51,58,59)/t25?,26-,33?,38?/m0/s1. The summed E-state index contributed by atoms with van der Waals surface area (Å²) in [6.07, 6.45) is 4.16. The molecule has 2 aromatic heterocycles.